The molecule has 0 radical (unpaired) electrons. The van der Waals surface area contributed by atoms with E-state index >= 15 is 0 Å². The Morgan fingerprint density at radius 2 is 1.75 bits per heavy atom. The number of aromatic nitrogens is 1. The van der Waals surface area contributed by atoms with Crippen molar-refractivity contribution in [3.63, 3.8) is 0 Å². The largest absolute Gasteiger partial charge is 0.507 e. The molecule has 1 heterocycles. The van der Waals surface area contributed by atoms with Gasteiger partial charge in [0.05, 0.1) is 16.8 Å². The van der Waals surface area contributed by atoms with Gasteiger partial charge in [0.2, 0.25) is 0 Å². The summed E-state index contributed by atoms with van der Waals surface area (Å²) in [6.07, 6.45) is 0. The van der Waals surface area contributed by atoms with Crippen LogP contribution in [0.2, 0.25) is 0 Å². The van der Waals surface area contributed by atoms with Crippen LogP contribution in [-0.2, 0) is 0 Å². The zero-order valence-electron chi connectivity index (χ0n) is 13.2. The van der Waals surface area contributed by atoms with Gasteiger partial charge < -0.3 is 5.11 Å². The number of pyridine rings is 1. The molecule has 0 saturated heterocycles. The molecule has 3 N–H and O–H groups in total. The molecule has 1 aromatic heterocycles. The molecule has 1 amide bonds. The van der Waals surface area contributed by atoms with Crippen LogP contribution in [0.4, 0.5) is 0 Å². The number of fused-ring (bicyclic) bond motifs is 1. The van der Waals surface area contributed by atoms with Gasteiger partial charge in [-0.1, -0.05) is 36.9 Å². The molecule has 0 fully saturated rings. The number of nitrogens with zero attached hydrogens (tertiary/aromatic N) is 1. The summed E-state index contributed by atoms with van der Waals surface area (Å²) >= 11 is 0. The number of phenols is 1. The number of aromatic hydroxyl groups is 1. The molecule has 0 atom stereocenters. The number of nitrogens with one attached hydrogen (secondary N) is 2. The molecule has 3 aromatic rings. The highest BCUT2D eigenvalue weighted by molar-refractivity contribution is 6.06. The monoisotopic (exact) mass is 319 g/mol. The van der Waals surface area contributed by atoms with Crippen molar-refractivity contribution >= 4 is 22.5 Å². The molecule has 0 aliphatic rings. The number of phenolic OH excluding ortho intramolecular Hbond substituents is 1. The number of aryl methyl sites for hydroxylation is 1. The van der Waals surface area contributed by atoms with Gasteiger partial charge >= 0.3 is 0 Å². The minimum atomic E-state index is -0.298. The average molecular weight is 319 g/mol. The van der Waals surface area contributed by atoms with E-state index in [9.17, 15) is 9.90 Å². The van der Waals surface area contributed by atoms with Crippen molar-refractivity contribution < 1.29 is 9.90 Å². The first kappa shape index (κ1) is 15.6. The van der Waals surface area contributed by atoms with Crippen molar-refractivity contribution in [3.05, 3.63) is 78.0 Å². The Bertz CT molecular complexity index is 935. The Morgan fingerprint density at radius 1 is 1.04 bits per heavy atom. The van der Waals surface area contributed by atoms with E-state index in [-0.39, 0.29) is 11.7 Å². The van der Waals surface area contributed by atoms with E-state index in [0.717, 1.165) is 16.6 Å². The second-order valence-corrected chi connectivity index (χ2v) is 5.40. The van der Waals surface area contributed by atoms with Crippen LogP contribution in [0.3, 0.4) is 0 Å². The summed E-state index contributed by atoms with van der Waals surface area (Å²) in [5.41, 5.74) is 8.34. The molecule has 0 aliphatic carbocycles. The van der Waals surface area contributed by atoms with Gasteiger partial charge in [-0.05, 0) is 31.2 Å². The van der Waals surface area contributed by atoms with Crippen LogP contribution < -0.4 is 10.9 Å². The van der Waals surface area contributed by atoms with Crippen LogP contribution in [0.5, 0.6) is 5.75 Å². The highest BCUT2D eigenvalue weighted by Crippen LogP contribution is 2.21. The summed E-state index contributed by atoms with van der Waals surface area (Å²) < 4.78 is 0. The van der Waals surface area contributed by atoms with E-state index in [1.54, 1.807) is 30.3 Å². The first-order valence-electron chi connectivity index (χ1n) is 7.46. The Balaban J connectivity index is 1.81. The summed E-state index contributed by atoms with van der Waals surface area (Å²) in [5, 5.41) is 10.6. The summed E-state index contributed by atoms with van der Waals surface area (Å²) in [5.74, 6) is -0.206. The molecule has 24 heavy (non-hydrogen) atoms. The zero-order valence-corrected chi connectivity index (χ0v) is 13.2. The number of hydrogen-bond acceptors (Lipinski definition) is 4. The predicted octanol–water partition coefficient (Wildman–Crippen LogP) is 3.15. The lowest BCUT2D eigenvalue weighted by atomic mass is 10.1. The molecule has 2 aromatic carbocycles. The van der Waals surface area contributed by atoms with Crippen molar-refractivity contribution in [1.29, 1.82) is 0 Å². The van der Waals surface area contributed by atoms with Crippen molar-refractivity contribution in [2.24, 2.45) is 0 Å². The van der Waals surface area contributed by atoms with Gasteiger partial charge in [-0.3, -0.25) is 20.6 Å². The quantitative estimate of drug-likeness (QED) is 0.646. The number of carbonyl (C=O) groups excluding carboxylic acids is 1. The van der Waals surface area contributed by atoms with E-state index in [0.29, 0.717) is 16.8 Å². The Labute approximate surface area is 139 Å². The second kappa shape index (κ2) is 6.42. The number of amides is 1. The van der Waals surface area contributed by atoms with Gasteiger partial charge in [0, 0.05) is 16.6 Å². The number of hydrogen-bond donors (Lipinski definition) is 3. The normalized spacial score (nSPS) is 10.4. The van der Waals surface area contributed by atoms with Gasteiger partial charge in [-0.25, -0.2) is 0 Å². The number of carbonyl (C=O) groups is 1. The lowest BCUT2D eigenvalue weighted by Crippen LogP contribution is -2.36. The Hall–Kier alpha value is -3.34. The molecule has 5 heteroatoms. The molecule has 3 rings (SSSR count). The lowest BCUT2D eigenvalue weighted by Gasteiger charge is -2.13. The number of rotatable bonds is 4. The van der Waals surface area contributed by atoms with E-state index in [1.165, 1.54) is 0 Å². The van der Waals surface area contributed by atoms with E-state index in [2.05, 4.69) is 22.4 Å². The molecule has 120 valence electrons. The van der Waals surface area contributed by atoms with Gasteiger partial charge in [-0.15, -0.1) is 0 Å². The van der Waals surface area contributed by atoms with Crippen molar-refractivity contribution in [2.45, 2.75) is 6.92 Å². The fourth-order valence-corrected chi connectivity index (χ4v) is 2.49. The van der Waals surface area contributed by atoms with E-state index < -0.39 is 0 Å². The molecule has 0 unspecified atom stereocenters. The van der Waals surface area contributed by atoms with Crippen LogP contribution in [0.25, 0.3) is 16.6 Å². The fourth-order valence-electron chi connectivity index (χ4n) is 2.49. The first-order valence-corrected chi connectivity index (χ1v) is 7.46. The maximum Gasteiger partial charge on any atom is 0.270 e. The second-order valence-electron chi connectivity index (χ2n) is 5.40. The maximum atomic E-state index is 12.5. The van der Waals surface area contributed by atoms with Gasteiger partial charge in [0.1, 0.15) is 5.75 Å². The summed E-state index contributed by atoms with van der Waals surface area (Å²) in [4.78, 5) is 16.9. The van der Waals surface area contributed by atoms with Gasteiger partial charge in [-0.2, -0.15) is 0 Å². The summed E-state index contributed by atoms with van der Waals surface area (Å²) in [7, 11) is 0. The summed E-state index contributed by atoms with van der Waals surface area (Å²) in [6.45, 7) is 5.68. The third-order valence-electron chi connectivity index (χ3n) is 3.64. The molecular formula is C19H17N3O2. The third kappa shape index (κ3) is 3.05. The molecule has 0 saturated carbocycles. The molecule has 0 aliphatic heterocycles. The standard InChI is InChI=1S/C19H17N3O2/c1-12-11-16(15-8-3-5-9-17(15)20-12)19(24)22-21-13(2)14-7-4-6-10-18(14)23/h3-11,21,23H,2H2,1H3,(H,22,24). The number of benzene rings is 2. The fraction of sp³-hybridized carbons (Fsp3) is 0.0526. The SMILES string of the molecule is C=C(NNC(=O)c1cc(C)nc2ccccc12)c1ccccc1O. The molecule has 0 spiro atoms. The molecule has 0 bridgehead atoms. The topological polar surface area (TPSA) is 74.2 Å². The highest BCUT2D eigenvalue weighted by Gasteiger charge is 2.12. The maximum absolute atomic E-state index is 12.5. The van der Waals surface area contributed by atoms with E-state index in [1.807, 2.05) is 31.2 Å². The van der Waals surface area contributed by atoms with Crippen molar-refractivity contribution in [3.8, 4) is 5.75 Å². The van der Waals surface area contributed by atoms with Crippen LogP contribution in [0.1, 0.15) is 21.6 Å². The summed E-state index contributed by atoms with van der Waals surface area (Å²) in [6, 6.07) is 16.0. The third-order valence-corrected chi connectivity index (χ3v) is 3.64. The first-order chi connectivity index (χ1) is 11.6. The molecular weight excluding hydrogens is 302 g/mol. The Kier molecular flexibility index (Phi) is 4.16. The highest BCUT2D eigenvalue weighted by atomic mass is 16.3. The minimum absolute atomic E-state index is 0.0921. The smallest absolute Gasteiger partial charge is 0.270 e. The number of hydrazine groups is 1. The zero-order chi connectivity index (χ0) is 17.1. The van der Waals surface area contributed by atoms with E-state index in [4.69, 9.17) is 0 Å². The van der Waals surface area contributed by atoms with Gasteiger partial charge in [0.25, 0.3) is 5.91 Å². The van der Waals surface area contributed by atoms with Crippen molar-refractivity contribution in [1.82, 2.24) is 15.8 Å². The Morgan fingerprint density at radius 3 is 2.54 bits per heavy atom. The lowest BCUT2D eigenvalue weighted by molar-refractivity contribution is 0.0944. The van der Waals surface area contributed by atoms with Crippen LogP contribution in [-0.4, -0.2) is 16.0 Å². The van der Waals surface area contributed by atoms with Crippen LogP contribution >= 0.6 is 0 Å². The van der Waals surface area contributed by atoms with Crippen molar-refractivity contribution in [2.75, 3.05) is 0 Å². The number of para-hydroxylation sites is 2. The van der Waals surface area contributed by atoms with Gasteiger partial charge in [0.15, 0.2) is 0 Å². The van der Waals surface area contributed by atoms with Crippen LogP contribution in [0.15, 0.2) is 61.2 Å². The predicted molar refractivity (Wildman–Crippen MR) is 94.2 cm³/mol. The average Bonchev–Trinajstić information content (AvgIpc) is 2.59. The minimum Gasteiger partial charge on any atom is -0.507 e. The molecule has 5 nitrogen and oxygen atoms in total. The van der Waals surface area contributed by atoms with Crippen LogP contribution in [0, 0.1) is 6.92 Å².